The van der Waals surface area contributed by atoms with Crippen molar-refractivity contribution in [1.82, 2.24) is 10.6 Å². The van der Waals surface area contributed by atoms with Crippen LogP contribution in [0.15, 0.2) is 0 Å². The van der Waals surface area contributed by atoms with Crippen LogP contribution in [0.25, 0.3) is 0 Å². The van der Waals surface area contributed by atoms with Crippen LogP contribution in [-0.2, 0) is 36.2 Å². The number of amides is 2. The second-order valence-corrected chi connectivity index (χ2v) is 3.99. The molecule has 2 aliphatic heterocycles. The molecule has 0 aliphatic carbocycles. The van der Waals surface area contributed by atoms with Gasteiger partial charge in [-0.25, -0.2) is 9.59 Å². The molecule has 0 aromatic rings. The maximum absolute atomic E-state index is 10.4. The van der Waals surface area contributed by atoms with Crippen LogP contribution in [0.2, 0.25) is 0 Å². The number of aliphatic carboxylic acids is 2. The third-order valence-corrected chi connectivity index (χ3v) is 2.59. The molecular weight excluding hydrogens is 299 g/mol. The Kier molecular flexibility index (Phi) is 7.10. The number of carboxylic acids is 2. The summed E-state index contributed by atoms with van der Waals surface area (Å²) in [6, 6.07) is -1.28. The summed E-state index contributed by atoms with van der Waals surface area (Å²) in [6.45, 7) is 0. The molecule has 1 radical (unpaired) electrons. The van der Waals surface area contributed by atoms with E-state index in [1.807, 2.05) is 0 Å². The molecular formula is C10H14MnN2O6. The molecule has 2 rings (SSSR count). The van der Waals surface area contributed by atoms with Crippen molar-refractivity contribution in [2.24, 2.45) is 0 Å². The van der Waals surface area contributed by atoms with Crippen LogP contribution in [0.5, 0.6) is 0 Å². The Labute approximate surface area is 119 Å². The number of carbonyl (C=O) groups excluding carboxylic acids is 2. The van der Waals surface area contributed by atoms with Crippen molar-refractivity contribution in [2.45, 2.75) is 37.8 Å². The minimum atomic E-state index is -0.944. The van der Waals surface area contributed by atoms with Crippen LogP contribution in [0.1, 0.15) is 25.7 Å². The Morgan fingerprint density at radius 3 is 1.32 bits per heavy atom. The monoisotopic (exact) mass is 313 g/mol. The van der Waals surface area contributed by atoms with Gasteiger partial charge in [-0.1, -0.05) is 0 Å². The van der Waals surface area contributed by atoms with E-state index in [4.69, 9.17) is 10.2 Å². The molecule has 2 amide bonds. The van der Waals surface area contributed by atoms with Gasteiger partial charge in [0, 0.05) is 29.9 Å². The molecule has 2 fully saturated rings. The van der Waals surface area contributed by atoms with E-state index in [0.717, 1.165) is 0 Å². The van der Waals surface area contributed by atoms with Crippen molar-refractivity contribution in [3.8, 4) is 0 Å². The summed E-state index contributed by atoms with van der Waals surface area (Å²) >= 11 is 0. The first kappa shape index (κ1) is 17.4. The number of carboxylic acid groups (broad SMARTS) is 2. The molecule has 0 saturated carbocycles. The summed E-state index contributed by atoms with van der Waals surface area (Å²) in [6.07, 6.45) is 1.54. The molecule has 8 nitrogen and oxygen atoms in total. The molecule has 0 aromatic carbocycles. The van der Waals surface area contributed by atoms with E-state index in [2.05, 4.69) is 10.6 Å². The topological polar surface area (TPSA) is 133 Å². The van der Waals surface area contributed by atoms with Gasteiger partial charge in [0.1, 0.15) is 12.1 Å². The normalized spacial score (nSPS) is 24.4. The van der Waals surface area contributed by atoms with Crippen molar-refractivity contribution in [3.63, 3.8) is 0 Å². The van der Waals surface area contributed by atoms with Gasteiger partial charge in [0.05, 0.1) is 0 Å². The van der Waals surface area contributed by atoms with Gasteiger partial charge in [0.15, 0.2) is 0 Å². The van der Waals surface area contributed by atoms with Gasteiger partial charge in [0.2, 0.25) is 11.8 Å². The molecule has 107 valence electrons. The first-order chi connectivity index (χ1) is 8.40. The summed E-state index contributed by atoms with van der Waals surface area (Å²) in [5.74, 6) is -2.22. The van der Waals surface area contributed by atoms with Crippen molar-refractivity contribution in [3.05, 3.63) is 0 Å². The van der Waals surface area contributed by atoms with E-state index >= 15 is 0 Å². The zero-order chi connectivity index (χ0) is 13.7. The number of hydrogen-bond donors (Lipinski definition) is 4. The predicted octanol–water partition coefficient (Wildman–Crippen LogP) is -1.30. The van der Waals surface area contributed by atoms with Gasteiger partial charge >= 0.3 is 11.9 Å². The Hall–Kier alpha value is -1.60. The van der Waals surface area contributed by atoms with Gasteiger partial charge in [-0.15, -0.1) is 0 Å². The molecule has 9 heteroatoms. The van der Waals surface area contributed by atoms with E-state index in [1.165, 1.54) is 0 Å². The zero-order valence-corrected chi connectivity index (χ0v) is 11.1. The standard InChI is InChI=1S/2C5H7NO3.Mn/c2*7-4-2-1-3(6-4)5(8)9;/h2*3H,1-2H2,(H,6,7)(H,8,9);. The van der Waals surface area contributed by atoms with Crippen LogP contribution in [0.3, 0.4) is 0 Å². The minimum absolute atomic E-state index is 0. The van der Waals surface area contributed by atoms with Crippen LogP contribution in [0.4, 0.5) is 0 Å². The number of carbonyl (C=O) groups is 4. The smallest absolute Gasteiger partial charge is 0.326 e. The Balaban J connectivity index is 0.000000324. The first-order valence-electron chi connectivity index (χ1n) is 5.44. The van der Waals surface area contributed by atoms with E-state index in [0.29, 0.717) is 25.7 Å². The Bertz CT molecular complexity index is 350. The molecule has 2 saturated heterocycles. The Morgan fingerprint density at radius 1 is 0.895 bits per heavy atom. The molecule has 0 aromatic heterocycles. The summed E-state index contributed by atoms with van der Waals surface area (Å²) in [7, 11) is 0. The van der Waals surface area contributed by atoms with E-state index < -0.39 is 24.0 Å². The Morgan fingerprint density at radius 2 is 1.21 bits per heavy atom. The molecule has 4 N–H and O–H groups in total. The second kappa shape index (κ2) is 7.75. The van der Waals surface area contributed by atoms with E-state index in [1.54, 1.807) is 0 Å². The average Bonchev–Trinajstić information content (AvgIpc) is 2.88. The number of hydrogen-bond acceptors (Lipinski definition) is 4. The van der Waals surface area contributed by atoms with Crippen LogP contribution >= 0.6 is 0 Å². The molecule has 2 aliphatic rings. The van der Waals surface area contributed by atoms with Crippen LogP contribution in [0, 0.1) is 0 Å². The molecule has 2 heterocycles. The summed E-state index contributed by atoms with van der Waals surface area (Å²) in [4.78, 5) is 41.0. The van der Waals surface area contributed by atoms with Crippen molar-refractivity contribution < 1.29 is 46.5 Å². The quantitative estimate of drug-likeness (QED) is 0.468. The first-order valence-corrected chi connectivity index (χ1v) is 5.44. The van der Waals surface area contributed by atoms with Crippen LogP contribution < -0.4 is 10.6 Å². The largest absolute Gasteiger partial charge is 0.480 e. The van der Waals surface area contributed by atoms with Gasteiger partial charge in [-0.05, 0) is 12.8 Å². The molecule has 0 bridgehead atoms. The SMILES string of the molecule is O=C1CCC(C(=O)O)N1.O=C1CCC(C(=O)O)N1.[Mn]. The third kappa shape index (κ3) is 5.71. The van der Waals surface area contributed by atoms with Gasteiger partial charge in [-0.3, -0.25) is 9.59 Å². The summed E-state index contributed by atoms with van der Waals surface area (Å²) < 4.78 is 0. The number of rotatable bonds is 2. The fourth-order valence-electron chi connectivity index (χ4n) is 1.60. The van der Waals surface area contributed by atoms with E-state index in [-0.39, 0.29) is 28.9 Å². The fourth-order valence-corrected chi connectivity index (χ4v) is 1.60. The zero-order valence-electron chi connectivity index (χ0n) is 9.89. The second-order valence-electron chi connectivity index (χ2n) is 3.99. The van der Waals surface area contributed by atoms with Gasteiger partial charge in [-0.2, -0.15) is 0 Å². The van der Waals surface area contributed by atoms with E-state index in [9.17, 15) is 19.2 Å². The van der Waals surface area contributed by atoms with Crippen LogP contribution in [-0.4, -0.2) is 46.0 Å². The average molecular weight is 313 g/mol. The molecule has 0 spiro atoms. The maximum atomic E-state index is 10.4. The fraction of sp³-hybridized carbons (Fsp3) is 0.600. The van der Waals surface area contributed by atoms with Crippen molar-refractivity contribution >= 4 is 23.8 Å². The van der Waals surface area contributed by atoms with Gasteiger partial charge in [0.25, 0.3) is 0 Å². The van der Waals surface area contributed by atoms with Crippen molar-refractivity contribution in [2.75, 3.05) is 0 Å². The summed E-state index contributed by atoms with van der Waals surface area (Å²) in [5.41, 5.74) is 0. The molecule has 2 atom stereocenters. The third-order valence-electron chi connectivity index (χ3n) is 2.59. The molecule has 19 heavy (non-hydrogen) atoms. The minimum Gasteiger partial charge on any atom is -0.480 e. The van der Waals surface area contributed by atoms with Crippen molar-refractivity contribution in [1.29, 1.82) is 0 Å². The molecule has 2 unspecified atom stereocenters. The number of nitrogens with one attached hydrogen (secondary N) is 2. The predicted molar refractivity (Wildman–Crippen MR) is 57.6 cm³/mol. The summed E-state index contributed by atoms with van der Waals surface area (Å²) in [5, 5.41) is 21.3. The van der Waals surface area contributed by atoms with Gasteiger partial charge < -0.3 is 20.8 Å². The maximum Gasteiger partial charge on any atom is 0.326 e.